The molecule has 0 aliphatic rings. The van der Waals surface area contributed by atoms with Crippen LogP contribution >= 0.6 is 12.6 Å². The molecule has 0 rings (SSSR count). The van der Waals surface area contributed by atoms with Gasteiger partial charge in [-0.2, -0.15) is 12.6 Å². The molecule has 0 aromatic heterocycles. The summed E-state index contributed by atoms with van der Waals surface area (Å²) >= 11 is 3.99. The fourth-order valence-electron chi connectivity index (χ4n) is 1.87. The molecule has 1 atom stereocenters. The van der Waals surface area contributed by atoms with E-state index >= 15 is 0 Å². The van der Waals surface area contributed by atoms with Gasteiger partial charge in [-0.15, -0.1) is 0 Å². The molecule has 0 spiro atoms. The SMILES string of the molecule is CC(C)CC(C)C(=O)NCCOCCOCC(=O)NCCS. The molecule has 130 valence electrons. The lowest BCUT2D eigenvalue weighted by molar-refractivity contribution is -0.127. The highest BCUT2D eigenvalue weighted by Crippen LogP contribution is 2.10. The lowest BCUT2D eigenvalue weighted by Crippen LogP contribution is -2.33. The second kappa shape index (κ2) is 13.8. The second-order valence-electron chi connectivity index (χ2n) is 5.56. The Hall–Kier alpha value is -0.790. The second-order valence-corrected chi connectivity index (χ2v) is 6.01. The normalized spacial score (nSPS) is 12.2. The van der Waals surface area contributed by atoms with Gasteiger partial charge in [-0.3, -0.25) is 9.59 Å². The van der Waals surface area contributed by atoms with Gasteiger partial charge in [0.25, 0.3) is 0 Å². The summed E-state index contributed by atoms with van der Waals surface area (Å²) in [6.07, 6.45) is 0.885. The Morgan fingerprint density at radius 1 is 1.00 bits per heavy atom. The molecule has 0 bridgehead atoms. The van der Waals surface area contributed by atoms with Crippen LogP contribution in [0.2, 0.25) is 0 Å². The number of hydrogen-bond acceptors (Lipinski definition) is 5. The molecular formula is C15H30N2O4S. The van der Waals surface area contributed by atoms with E-state index < -0.39 is 0 Å². The molecule has 0 heterocycles. The summed E-state index contributed by atoms with van der Waals surface area (Å²) < 4.78 is 10.5. The average molecular weight is 334 g/mol. The fraction of sp³-hybridized carbons (Fsp3) is 0.867. The number of amides is 2. The Morgan fingerprint density at radius 2 is 1.68 bits per heavy atom. The highest BCUT2D eigenvalue weighted by molar-refractivity contribution is 7.80. The van der Waals surface area contributed by atoms with Gasteiger partial charge in [0, 0.05) is 24.8 Å². The summed E-state index contributed by atoms with van der Waals surface area (Å²) in [4.78, 5) is 22.9. The fourth-order valence-corrected chi connectivity index (χ4v) is 1.98. The van der Waals surface area contributed by atoms with Crippen LogP contribution in [-0.2, 0) is 19.1 Å². The smallest absolute Gasteiger partial charge is 0.246 e. The summed E-state index contributed by atoms with van der Waals surface area (Å²) in [6, 6.07) is 0. The summed E-state index contributed by atoms with van der Waals surface area (Å²) in [5.74, 6) is 1.06. The topological polar surface area (TPSA) is 76.7 Å². The van der Waals surface area contributed by atoms with Crippen molar-refractivity contribution < 1.29 is 19.1 Å². The van der Waals surface area contributed by atoms with E-state index in [9.17, 15) is 9.59 Å². The minimum atomic E-state index is -0.152. The van der Waals surface area contributed by atoms with Crippen molar-refractivity contribution in [2.24, 2.45) is 11.8 Å². The number of carbonyl (C=O) groups is 2. The predicted octanol–water partition coefficient (Wildman–Crippen LogP) is 0.864. The van der Waals surface area contributed by atoms with Crippen LogP contribution in [0.1, 0.15) is 27.2 Å². The number of nitrogens with one attached hydrogen (secondary N) is 2. The van der Waals surface area contributed by atoms with Gasteiger partial charge in [0.15, 0.2) is 0 Å². The Kier molecular flexibility index (Phi) is 13.3. The van der Waals surface area contributed by atoms with E-state index in [1.165, 1.54) is 0 Å². The Bertz CT molecular complexity index is 314. The average Bonchev–Trinajstić information content (AvgIpc) is 2.46. The highest BCUT2D eigenvalue weighted by atomic mass is 32.1. The van der Waals surface area contributed by atoms with Crippen molar-refractivity contribution in [1.82, 2.24) is 10.6 Å². The first-order valence-electron chi connectivity index (χ1n) is 7.78. The Balaban J connectivity index is 3.40. The van der Waals surface area contributed by atoms with Crippen LogP contribution in [0.3, 0.4) is 0 Å². The molecule has 0 aliphatic heterocycles. The molecule has 2 N–H and O–H groups in total. The van der Waals surface area contributed by atoms with E-state index in [-0.39, 0.29) is 24.3 Å². The highest BCUT2D eigenvalue weighted by Gasteiger charge is 2.13. The third-order valence-corrected chi connectivity index (χ3v) is 3.08. The number of thiol groups is 1. The summed E-state index contributed by atoms with van der Waals surface area (Å²) in [5.41, 5.74) is 0. The summed E-state index contributed by atoms with van der Waals surface area (Å²) in [6.45, 7) is 8.39. The molecule has 2 amide bonds. The van der Waals surface area contributed by atoms with E-state index in [0.29, 0.717) is 44.6 Å². The number of rotatable bonds is 13. The first-order chi connectivity index (χ1) is 10.5. The van der Waals surface area contributed by atoms with E-state index in [1.54, 1.807) is 0 Å². The Morgan fingerprint density at radius 3 is 2.32 bits per heavy atom. The molecule has 0 saturated carbocycles. The maximum Gasteiger partial charge on any atom is 0.246 e. The van der Waals surface area contributed by atoms with E-state index in [0.717, 1.165) is 6.42 Å². The molecule has 0 radical (unpaired) electrons. The van der Waals surface area contributed by atoms with Gasteiger partial charge in [-0.1, -0.05) is 20.8 Å². The number of hydrogen-bond donors (Lipinski definition) is 3. The van der Waals surface area contributed by atoms with Gasteiger partial charge >= 0.3 is 0 Å². The minimum Gasteiger partial charge on any atom is -0.377 e. The van der Waals surface area contributed by atoms with Crippen LogP contribution in [0.4, 0.5) is 0 Å². The van der Waals surface area contributed by atoms with Crippen molar-refractivity contribution in [2.75, 3.05) is 45.3 Å². The molecule has 0 aromatic carbocycles. The largest absolute Gasteiger partial charge is 0.377 e. The molecule has 22 heavy (non-hydrogen) atoms. The maximum absolute atomic E-state index is 11.7. The molecule has 0 saturated heterocycles. The molecule has 0 fully saturated rings. The maximum atomic E-state index is 11.7. The first-order valence-corrected chi connectivity index (χ1v) is 8.41. The van der Waals surface area contributed by atoms with Gasteiger partial charge in [0.05, 0.1) is 19.8 Å². The quantitative estimate of drug-likeness (QED) is 0.345. The third kappa shape index (κ3) is 12.9. The van der Waals surface area contributed by atoms with Crippen LogP contribution in [-0.4, -0.2) is 57.1 Å². The van der Waals surface area contributed by atoms with Gasteiger partial charge in [0.1, 0.15) is 6.61 Å². The monoisotopic (exact) mass is 334 g/mol. The molecule has 0 aromatic rings. The molecular weight excluding hydrogens is 304 g/mol. The van der Waals surface area contributed by atoms with Crippen molar-refractivity contribution in [3.05, 3.63) is 0 Å². The van der Waals surface area contributed by atoms with Crippen molar-refractivity contribution in [2.45, 2.75) is 27.2 Å². The zero-order valence-electron chi connectivity index (χ0n) is 13.9. The zero-order valence-corrected chi connectivity index (χ0v) is 14.8. The van der Waals surface area contributed by atoms with Gasteiger partial charge in [-0.25, -0.2) is 0 Å². The lowest BCUT2D eigenvalue weighted by atomic mass is 9.98. The van der Waals surface area contributed by atoms with Crippen molar-refractivity contribution in [1.29, 1.82) is 0 Å². The summed E-state index contributed by atoms with van der Waals surface area (Å²) in [5, 5.41) is 5.50. The van der Waals surface area contributed by atoms with Gasteiger partial charge in [-0.05, 0) is 12.3 Å². The predicted molar refractivity (Wildman–Crippen MR) is 90.1 cm³/mol. The van der Waals surface area contributed by atoms with E-state index in [1.807, 2.05) is 6.92 Å². The van der Waals surface area contributed by atoms with Crippen molar-refractivity contribution >= 4 is 24.4 Å². The number of carbonyl (C=O) groups excluding carboxylic acids is 2. The van der Waals surface area contributed by atoms with Crippen LogP contribution in [0, 0.1) is 11.8 Å². The van der Waals surface area contributed by atoms with Crippen LogP contribution in [0.25, 0.3) is 0 Å². The molecule has 6 nitrogen and oxygen atoms in total. The van der Waals surface area contributed by atoms with Crippen LogP contribution in [0.5, 0.6) is 0 Å². The van der Waals surface area contributed by atoms with Crippen LogP contribution < -0.4 is 10.6 Å². The summed E-state index contributed by atoms with van der Waals surface area (Å²) in [7, 11) is 0. The third-order valence-electron chi connectivity index (χ3n) is 2.86. The zero-order chi connectivity index (χ0) is 16.8. The standard InChI is InChI=1S/C15H30N2O4S/c1-12(2)10-13(3)15(19)17-4-6-20-7-8-21-11-14(18)16-5-9-22/h12-13,22H,4-11H2,1-3H3,(H,16,18)(H,17,19). The van der Waals surface area contributed by atoms with Gasteiger partial charge in [0.2, 0.25) is 11.8 Å². The van der Waals surface area contributed by atoms with E-state index in [2.05, 4.69) is 37.1 Å². The van der Waals surface area contributed by atoms with Crippen LogP contribution in [0.15, 0.2) is 0 Å². The molecule has 1 unspecified atom stereocenters. The van der Waals surface area contributed by atoms with Crippen molar-refractivity contribution in [3.8, 4) is 0 Å². The Labute approximate surface area is 139 Å². The number of ether oxygens (including phenoxy) is 2. The first kappa shape index (κ1) is 21.2. The molecule has 7 heteroatoms. The molecule has 0 aliphatic carbocycles. The minimum absolute atomic E-state index is 0.0269. The lowest BCUT2D eigenvalue weighted by Gasteiger charge is -2.14. The van der Waals surface area contributed by atoms with E-state index in [4.69, 9.17) is 9.47 Å². The van der Waals surface area contributed by atoms with Gasteiger partial charge < -0.3 is 20.1 Å². The van der Waals surface area contributed by atoms with Crippen molar-refractivity contribution in [3.63, 3.8) is 0 Å².